The minimum Gasteiger partial charge on any atom is -0.453 e. The summed E-state index contributed by atoms with van der Waals surface area (Å²) in [6.07, 6.45) is 5.24. The number of unbranched alkanes of at least 4 members (excludes halogenated alkanes) is 1. The molecule has 8 nitrogen and oxygen atoms in total. The first kappa shape index (κ1) is 22.1. The predicted molar refractivity (Wildman–Crippen MR) is 97.8 cm³/mol. The van der Waals surface area contributed by atoms with Crippen molar-refractivity contribution in [1.82, 2.24) is 15.5 Å². The third-order valence-corrected chi connectivity index (χ3v) is 4.77. The van der Waals surface area contributed by atoms with Crippen LogP contribution in [0.15, 0.2) is 0 Å². The van der Waals surface area contributed by atoms with Gasteiger partial charge in [0.05, 0.1) is 14.2 Å². The van der Waals surface area contributed by atoms with Gasteiger partial charge in [0.2, 0.25) is 5.91 Å². The highest BCUT2D eigenvalue weighted by molar-refractivity contribution is 5.85. The molecule has 8 heteroatoms. The molecule has 0 saturated carbocycles. The fourth-order valence-corrected chi connectivity index (χ4v) is 3.27. The van der Waals surface area contributed by atoms with Gasteiger partial charge in [-0.2, -0.15) is 0 Å². The van der Waals surface area contributed by atoms with E-state index in [-0.39, 0.29) is 5.91 Å². The van der Waals surface area contributed by atoms with E-state index < -0.39 is 18.2 Å². The molecule has 1 heterocycles. The summed E-state index contributed by atoms with van der Waals surface area (Å²) >= 11 is 0. The van der Waals surface area contributed by atoms with Crippen molar-refractivity contribution in [3.8, 4) is 0 Å². The molecular weight excluding hydrogens is 338 g/mol. The van der Waals surface area contributed by atoms with E-state index in [2.05, 4.69) is 27.0 Å². The second-order valence-electron chi connectivity index (χ2n) is 6.66. The molecule has 26 heavy (non-hydrogen) atoms. The Balaban J connectivity index is 2.47. The second kappa shape index (κ2) is 12.4. The van der Waals surface area contributed by atoms with Crippen LogP contribution in [0.25, 0.3) is 0 Å². The molecule has 0 radical (unpaired) electrons. The number of rotatable bonds is 9. The molecule has 0 unspecified atom stereocenters. The first-order valence-electron chi connectivity index (χ1n) is 9.46. The molecule has 0 aliphatic carbocycles. The zero-order chi connectivity index (χ0) is 19.4. The molecular formula is C18H33N3O5. The Bertz CT molecular complexity index is 450. The number of hydrogen-bond acceptors (Lipinski definition) is 5. The number of ether oxygens (including phenoxy) is 2. The van der Waals surface area contributed by atoms with Gasteiger partial charge in [-0.1, -0.05) is 19.8 Å². The van der Waals surface area contributed by atoms with Crippen LogP contribution in [-0.2, 0) is 14.3 Å². The van der Waals surface area contributed by atoms with E-state index in [4.69, 9.17) is 0 Å². The zero-order valence-electron chi connectivity index (χ0n) is 16.2. The Hall–Kier alpha value is -1.99. The monoisotopic (exact) mass is 371 g/mol. The van der Waals surface area contributed by atoms with Crippen LogP contribution in [0.2, 0.25) is 0 Å². The van der Waals surface area contributed by atoms with Gasteiger partial charge in [-0.25, -0.2) is 9.59 Å². The van der Waals surface area contributed by atoms with E-state index in [1.54, 1.807) is 0 Å². The summed E-state index contributed by atoms with van der Waals surface area (Å²) in [6, 6.07) is -0.594. The van der Waals surface area contributed by atoms with Gasteiger partial charge in [-0.05, 0) is 38.0 Å². The van der Waals surface area contributed by atoms with Gasteiger partial charge in [0, 0.05) is 19.6 Å². The Morgan fingerprint density at radius 3 is 2.31 bits per heavy atom. The van der Waals surface area contributed by atoms with Gasteiger partial charge in [0.1, 0.15) is 6.04 Å². The van der Waals surface area contributed by atoms with Crippen molar-refractivity contribution in [1.29, 1.82) is 0 Å². The van der Waals surface area contributed by atoms with Crippen molar-refractivity contribution < 1.29 is 23.9 Å². The van der Waals surface area contributed by atoms with E-state index in [0.29, 0.717) is 31.7 Å². The van der Waals surface area contributed by atoms with Crippen LogP contribution in [0.3, 0.4) is 0 Å². The topological polar surface area (TPSA) is 97.0 Å². The van der Waals surface area contributed by atoms with Gasteiger partial charge in [-0.3, -0.25) is 4.79 Å². The summed E-state index contributed by atoms with van der Waals surface area (Å²) in [5.74, 6) is 0.645. The Labute approximate surface area is 156 Å². The molecule has 0 bridgehead atoms. The van der Waals surface area contributed by atoms with Crippen LogP contribution in [0, 0.1) is 5.92 Å². The molecule has 3 amide bonds. The lowest BCUT2D eigenvalue weighted by molar-refractivity contribution is -0.135. The summed E-state index contributed by atoms with van der Waals surface area (Å²) in [7, 11) is 2.60. The predicted octanol–water partition coefficient (Wildman–Crippen LogP) is 2.28. The molecule has 1 aliphatic rings. The number of hydrogen-bond donors (Lipinski definition) is 2. The van der Waals surface area contributed by atoms with Gasteiger partial charge >= 0.3 is 12.2 Å². The maximum absolute atomic E-state index is 12.8. The third kappa shape index (κ3) is 7.93. The van der Waals surface area contributed by atoms with Crippen molar-refractivity contribution in [3.63, 3.8) is 0 Å². The van der Waals surface area contributed by atoms with Crippen molar-refractivity contribution in [2.45, 2.75) is 57.9 Å². The van der Waals surface area contributed by atoms with E-state index in [9.17, 15) is 14.4 Å². The fraction of sp³-hybridized carbons (Fsp3) is 0.833. The lowest BCUT2D eigenvalue weighted by Crippen LogP contribution is -2.50. The number of alkyl carbamates (subject to hydrolysis) is 2. The van der Waals surface area contributed by atoms with E-state index in [1.165, 1.54) is 27.1 Å². The largest absolute Gasteiger partial charge is 0.453 e. The Morgan fingerprint density at radius 1 is 1.08 bits per heavy atom. The summed E-state index contributed by atoms with van der Waals surface area (Å²) in [5.41, 5.74) is 0. The molecule has 150 valence electrons. The highest BCUT2D eigenvalue weighted by Gasteiger charge is 2.29. The molecule has 1 aliphatic heterocycles. The fourth-order valence-electron chi connectivity index (χ4n) is 3.27. The number of nitrogens with one attached hydrogen (secondary N) is 2. The molecule has 0 spiro atoms. The third-order valence-electron chi connectivity index (χ3n) is 4.77. The van der Waals surface area contributed by atoms with Crippen molar-refractivity contribution in [2.24, 2.45) is 5.92 Å². The normalized spacial score (nSPS) is 15.9. The molecule has 2 N–H and O–H groups in total. The maximum Gasteiger partial charge on any atom is 0.407 e. The molecule has 0 aromatic carbocycles. The number of likely N-dealkylation sites (tertiary alicyclic amines) is 1. The standard InChI is InChI=1S/C18H33N3O5/c1-4-7-14-9-12-21(13-10-14)16(22)15(20-18(24)26-3)8-5-6-11-19-17(23)25-2/h14-15H,4-13H2,1-3H3,(H,19,23)(H,20,24)/t15-/m0/s1. The quantitative estimate of drug-likeness (QED) is 0.606. The van der Waals surface area contributed by atoms with Gasteiger partial charge in [0.15, 0.2) is 0 Å². The molecule has 1 fully saturated rings. The first-order valence-corrected chi connectivity index (χ1v) is 9.46. The van der Waals surface area contributed by atoms with Crippen molar-refractivity contribution in [3.05, 3.63) is 0 Å². The smallest absolute Gasteiger partial charge is 0.407 e. The van der Waals surface area contributed by atoms with Crippen molar-refractivity contribution >= 4 is 18.1 Å². The molecule has 0 aromatic heterocycles. The zero-order valence-corrected chi connectivity index (χ0v) is 16.2. The molecule has 0 aromatic rings. The molecule has 1 atom stereocenters. The number of carbonyl (C=O) groups excluding carboxylic acids is 3. The van der Waals surface area contributed by atoms with Gasteiger partial charge < -0.3 is 25.0 Å². The Kier molecular flexibility index (Phi) is 10.5. The highest BCUT2D eigenvalue weighted by atomic mass is 16.5. The number of nitrogens with zero attached hydrogens (tertiary/aromatic N) is 1. The van der Waals surface area contributed by atoms with Crippen LogP contribution in [0.5, 0.6) is 0 Å². The van der Waals surface area contributed by atoms with Gasteiger partial charge in [-0.15, -0.1) is 0 Å². The van der Waals surface area contributed by atoms with Gasteiger partial charge in [0.25, 0.3) is 0 Å². The SMILES string of the molecule is CCCC1CCN(C(=O)[C@H](CCCCNC(=O)OC)NC(=O)OC)CC1. The average molecular weight is 371 g/mol. The highest BCUT2D eigenvalue weighted by Crippen LogP contribution is 2.22. The Morgan fingerprint density at radius 2 is 1.73 bits per heavy atom. The number of amides is 3. The van der Waals surface area contributed by atoms with Crippen molar-refractivity contribution in [2.75, 3.05) is 33.9 Å². The average Bonchev–Trinajstić information content (AvgIpc) is 2.66. The number of carbonyl (C=O) groups is 3. The lowest BCUT2D eigenvalue weighted by atomic mass is 9.92. The molecule has 1 saturated heterocycles. The molecule has 1 rings (SSSR count). The number of methoxy groups -OCH3 is 2. The van der Waals surface area contributed by atoms with E-state index in [0.717, 1.165) is 25.9 Å². The van der Waals surface area contributed by atoms with Crippen LogP contribution >= 0.6 is 0 Å². The summed E-state index contributed by atoms with van der Waals surface area (Å²) in [5, 5.41) is 5.25. The minimum atomic E-state index is -0.600. The second-order valence-corrected chi connectivity index (χ2v) is 6.66. The van der Waals surface area contributed by atoms with Crippen LogP contribution < -0.4 is 10.6 Å². The summed E-state index contributed by atoms with van der Waals surface area (Å²) in [4.78, 5) is 37.2. The van der Waals surface area contributed by atoms with Crippen LogP contribution in [0.4, 0.5) is 9.59 Å². The van der Waals surface area contributed by atoms with Crippen LogP contribution in [0.1, 0.15) is 51.9 Å². The number of piperidine rings is 1. The summed E-state index contributed by atoms with van der Waals surface area (Å²) in [6.45, 7) is 4.14. The summed E-state index contributed by atoms with van der Waals surface area (Å²) < 4.78 is 9.15. The first-order chi connectivity index (χ1) is 12.5. The van der Waals surface area contributed by atoms with Crippen LogP contribution in [-0.4, -0.2) is 62.9 Å². The maximum atomic E-state index is 12.8. The lowest BCUT2D eigenvalue weighted by Gasteiger charge is -2.34. The minimum absolute atomic E-state index is 0.0497. The van der Waals surface area contributed by atoms with E-state index >= 15 is 0 Å². The van der Waals surface area contributed by atoms with E-state index in [1.807, 2.05) is 4.90 Å².